The maximum Gasteiger partial charge on any atom is 0.204 e. The van der Waals surface area contributed by atoms with Crippen molar-refractivity contribution >= 4 is 28.5 Å². The molecule has 0 radical (unpaired) electrons. The van der Waals surface area contributed by atoms with Crippen molar-refractivity contribution in [3.8, 4) is 0 Å². The minimum absolute atomic E-state index is 0.0322. The molecule has 0 aliphatic rings. The third-order valence-electron chi connectivity index (χ3n) is 3.27. The number of nitrogens with one attached hydrogen (secondary N) is 1. The lowest BCUT2D eigenvalue weighted by Crippen LogP contribution is -2.10. The summed E-state index contributed by atoms with van der Waals surface area (Å²) in [5, 5.41) is 4.81. The number of hydrazone groups is 1. The summed E-state index contributed by atoms with van der Waals surface area (Å²) in [7, 11) is 0. The van der Waals surface area contributed by atoms with E-state index in [1.807, 2.05) is 19.1 Å². The second-order valence-electron chi connectivity index (χ2n) is 6.23. The molecule has 0 spiro atoms. The van der Waals surface area contributed by atoms with Gasteiger partial charge in [-0.2, -0.15) is 5.10 Å². The fraction of sp³-hybridized carbons (Fsp3) is 0.353. The molecule has 5 heteroatoms. The number of hydrogen-bond acceptors (Lipinski definition) is 5. The number of nitrogens with zero attached hydrogens (tertiary/aromatic N) is 2. The van der Waals surface area contributed by atoms with Crippen molar-refractivity contribution < 1.29 is 4.79 Å². The zero-order valence-corrected chi connectivity index (χ0v) is 14.4. The summed E-state index contributed by atoms with van der Waals surface area (Å²) in [5.41, 5.74) is 6.07. The Balaban J connectivity index is 2.04. The number of benzene rings is 1. The van der Waals surface area contributed by atoms with Crippen LogP contribution in [0.15, 0.2) is 29.4 Å². The van der Waals surface area contributed by atoms with E-state index in [-0.39, 0.29) is 11.2 Å². The highest BCUT2D eigenvalue weighted by Gasteiger charge is 2.12. The summed E-state index contributed by atoms with van der Waals surface area (Å²) in [6, 6.07) is 8.31. The molecule has 1 N–H and O–H groups in total. The summed E-state index contributed by atoms with van der Waals surface area (Å²) in [4.78, 5) is 16.3. The van der Waals surface area contributed by atoms with Crippen LogP contribution in [0.4, 0.5) is 5.13 Å². The zero-order chi connectivity index (χ0) is 16.3. The Bertz CT molecular complexity index is 694. The molecular weight excluding hydrogens is 294 g/mol. The van der Waals surface area contributed by atoms with E-state index in [0.29, 0.717) is 10.0 Å². The Morgan fingerprint density at radius 3 is 2.41 bits per heavy atom. The number of aromatic nitrogens is 1. The van der Waals surface area contributed by atoms with E-state index in [4.69, 9.17) is 0 Å². The number of hydrogen-bond donors (Lipinski definition) is 1. The monoisotopic (exact) mass is 315 g/mol. The minimum Gasteiger partial charge on any atom is -0.294 e. The van der Waals surface area contributed by atoms with Crippen molar-refractivity contribution in [3.05, 3.63) is 46.0 Å². The van der Waals surface area contributed by atoms with Gasteiger partial charge in [0, 0.05) is 6.92 Å². The Labute approximate surface area is 135 Å². The van der Waals surface area contributed by atoms with E-state index in [2.05, 4.69) is 48.4 Å². The predicted octanol–water partition coefficient (Wildman–Crippen LogP) is 4.40. The van der Waals surface area contributed by atoms with Gasteiger partial charge in [0.25, 0.3) is 0 Å². The maximum absolute atomic E-state index is 11.4. The molecule has 0 aliphatic heterocycles. The van der Waals surface area contributed by atoms with Gasteiger partial charge in [-0.1, -0.05) is 56.4 Å². The molecule has 0 fully saturated rings. The fourth-order valence-electron chi connectivity index (χ4n) is 2.00. The molecule has 1 aromatic heterocycles. The second kappa shape index (κ2) is 6.40. The molecule has 2 rings (SSSR count). The van der Waals surface area contributed by atoms with Crippen LogP contribution < -0.4 is 5.43 Å². The Kier molecular flexibility index (Phi) is 4.76. The molecule has 1 aromatic carbocycles. The van der Waals surface area contributed by atoms with E-state index in [1.54, 1.807) is 13.1 Å². The van der Waals surface area contributed by atoms with Gasteiger partial charge in [0.05, 0.1) is 16.8 Å². The van der Waals surface area contributed by atoms with Gasteiger partial charge >= 0.3 is 0 Å². The molecule has 2 aromatic rings. The van der Waals surface area contributed by atoms with Gasteiger partial charge in [-0.05, 0) is 23.5 Å². The van der Waals surface area contributed by atoms with Crippen LogP contribution in [0.3, 0.4) is 0 Å². The molecule has 0 bridgehead atoms. The first-order valence-electron chi connectivity index (χ1n) is 7.15. The molecule has 22 heavy (non-hydrogen) atoms. The fourth-order valence-corrected chi connectivity index (χ4v) is 2.81. The first kappa shape index (κ1) is 16.4. The predicted molar refractivity (Wildman–Crippen MR) is 93.2 cm³/mol. The average Bonchev–Trinajstić information content (AvgIpc) is 2.80. The van der Waals surface area contributed by atoms with E-state index < -0.39 is 0 Å². The van der Waals surface area contributed by atoms with E-state index >= 15 is 0 Å². The van der Waals surface area contributed by atoms with Crippen molar-refractivity contribution in [3.63, 3.8) is 0 Å². The number of carbonyl (C=O) groups is 1. The number of carbonyl (C=O) groups excluding carboxylic acids is 1. The van der Waals surface area contributed by atoms with Gasteiger partial charge in [0.1, 0.15) is 0 Å². The molecule has 0 aliphatic carbocycles. The SMILES string of the molecule is CC(=O)c1sc(NN=Cc2ccc(C(C)(C)C)cc2)nc1C. The van der Waals surface area contributed by atoms with Crippen molar-refractivity contribution in [1.82, 2.24) is 4.98 Å². The topological polar surface area (TPSA) is 54.4 Å². The molecule has 1 heterocycles. The highest BCUT2D eigenvalue weighted by molar-refractivity contribution is 7.17. The van der Waals surface area contributed by atoms with Crippen LogP contribution in [0, 0.1) is 6.92 Å². The highest BCUT2D eigenvalue weighted by atomic mass is 32.1. The number of rotatable bonds is 4. The normalized spacial score (nSPS) is 11.9. The summed E-state index contributed by atoms with van der Waals surface area (Å²) in [5.74, 6) is 0.0322. The van der Waals surface area contributed by atoms with Gasteiger partial charge in [-0.15, -0.1) is 0 Å². The van der Waals surface area contributed by atoms with Crippen molar-refractivity contribution in [1.29, 1.82) is 0 Å². The lowest BCUT2D eigenvalue weighted by Gasteiger charge is -2.18. The summed E-state index contributed by atoms with van der Waals surface area (Å²) in [6.45, 7) is 9.94. The van der Waals surface area contributed by atoms with Crippen molar-refractivity contribution in [2.75, 3.05) is 5.43 Å². The molecule has 0 amide bonds. The number of Topliss-reactive ketones (excluding diaryl/α,β-unsaturated/α-hetero) is 1. The van der Waals surface area contributed by atoms with Crippen LogP contribution in [-0.4, -0.2) is 17.0 Å². The number of anilines is 1. The molecule has 116 valence electrons. The van der Waals surface area contributed by atoms with Crippen LogP contribution in [-0.2, 0) is 5.41 Å². The molecule has 0 saturated heterocycles. The van der Waals surface area contributed by atoms with Crippen molar-refractivity contribution in [2.45, 2.75) is 40.0 Å². The molecule has 4 nitrogen and oxygen atoms in total. The summed E-state index contributed by atoms with van der Waals surface area (Å²) >= 11 is 1.32. The van der Waals surface area contributed by atoms with Gasteiger partial charge in [0.15, 0.2) is 5.78 Å². The number of ketones is 1. The molecule has 0 atom stereocenters. The zero-order valence-electron chi connectivity index (χ0n) is 13.6. The average molecular weight is 315 g/mol. The number of thiazole rings is 1. The largest absolute Gasteiger partial charge is 0.294 e. The molecular formula is C17H21N3OS. The number of aryl methyl sites for hydroxylation is 1. The minimum atomic E-state index is 0.0322. The second-order valence-corrected chi connectivity index (χ2v) is 7.23. The first-order chi connectivity index (χ1) is 10.3. The van der Waals surface area contributed by atoms with Crippen LogP contribution in [0.25, 0.3) is 0 Å². The Hall–Kier alpha value is -2.01. The van der Waals surface area contributed by atoms with Gasteiger partial charge in [0.2, 0.25) is 5.13 Å². The van der Waals surface area contributed by atoms with Gasteiger partial charge in [-0.3, -0.25) is 10.2 Å². The van der Waals surface area contributed by atoms with E-state index in [9.17, 15) is 4.79 Å². The third kappa shape index (κ3) is 4.01. The lowest BCUT2D eigenvalue weighted by molar-refractivity contribution is 0.102. The third-order valence-corrected chi connectivity index (χ3v) is 4.43. The van der Waals surface area contributed by atoms with Crippen LogP contribution in [0.5, 0.6) is 0 Å². The highest BCUT2D eigenvalue weighted by Crippen LogP contribution is 2.23. The van der Waals surface area contributed by atoms with Gasteiger partial charge in [-0.25, -0.2) is 4.98 Å². The van der Waals surface area contributed by atoms with E-state index in [0.717, 1.165) is 11.3 Å². The molecule has 0 saturated carbocycles. The molecule has 0 unspecified atom stereocenters. The first-order valence-corrected chi connectivity index (χ1v) is 7.97. The van der Waals surface area contributed by atoms with Gasteiger partial charge < -0.3 is 0 Å². The summed E-state index contributed by atoms with van der Waals surface area (Å²) in [6.07, 6.45) is 1.75. The van der Waals surface area contributed by atoms with E-state index in [1.165, 1.54) is 16.9 Å². The van der Waals surface area contributed by atoms with Crippen LogP contribution in [0.2, 0.25) is 0 Å². The lowest BCUT2D eigenvalue weighted by atomic mass is 9.87. The van der Waals surface area contributed by atoms with Crippen LogP contribution >= 0.6 is 11.3 Å². The van der Waals surface area contributed by atoms with Crippen molar-refractivity contribution in [2.24, 2.45) is 5.10 Å². The van der Waals surface area contributed by atoms with Crippen LogP contribution in [0.1, 0.15) is 54.2 Å². The standard InChI is InChI=1S/C17H21N3OS/c1-11-15(12(2)21)22-16(19-11)20-18-10-13-6-8-14(9-7-13)17(3,4)5/h6-10H,1-5H3,(H,19,20). The Morgan fingerprint density at radius 2 is 1.91 bits per heavy atom. The smallest absolute Gasteiger partial charge is 0.204 e. The summed E-state index contributed by atoms with van der Waals surface area (Å²) < 4.78 is 0. The Morgan fingerprint density at radius 1 is 1.27 bits per heavy atom. The quantitative estimate of drug-likeness (QED) is 0.517. The maximum atomic E-state index is 11.4.